The van der Waals surface area contributed by atoms with Gasteiger partial charge in [-0.25, -0.2) is 9.48 Å². The summed E-state index contributed by atoms with van der Waals surface area (Å²) >= 11 is 0. The standard InChI is InChI=1S/C17H20N4O2/c1-5-23-16(22)14-11(3)18-17-19-12(4)20-21(17)15(14)13-8-6-10(2)7-9-13/h6-9,15H,5H2,1-4H3,(H,18,19,20)/t15-/m0/s1. The van der Waals surface area contributed by atoms with Gasteiger partial charge in [0.15, 0.2) is 0 Å². The number of fused-ring (bicyclic) bond motifs is 1. The highest BCUT2D eigenvalue weighted by molar-refractivity contribution is 5.92. The fourth-order valence-corrected chi connectivity index (χ4v) is 2.79. The number of carbonyl (C=O) groups excluding carboxylic acids is 1. The van der Waals surface area contributed by atoms with Crippen molar-refractivity contribution in [3.8, 4) is 0 Å². The van der Waals surface area contributed by atoms with Gasteiger partial charge in [0.25, 0.3) is 0 Å². The van der Waals surface area contributed by atoms with E-state index in [1.807, 2.05) is 45.0 Å². The second kappa shape index (κ2) is 5.87. The van der Waals surface area contributed by atoms with Crippen LogP contribution in [0.3, 0.4) is 0 Å². The van der Waals surface area contributed by atoms with Crippen LogP contribution >= 0.6 is 0 Å². The van der Waals surface area contributed by atoms with Gasteiger partial charge < -0.3 is 10.1 Å². The third kappa shape index (κ3) is 2.72. The van der Waals surface area contributed by atoms with Crippen LogP contribution in [0.25, 0.3) is 0 Å². The molecule has 0 spiro atoms. The van der Waals surface area contributed by atoms with E-state index in [9.17, 15) is 4.79 Å². The Morgan fingerprint density at radius 1 is 1.26 bits per heavy atom. The minimum atomic E-state index is -0.341. The van der Waals surface area contributed by atoms with Crippen LogP contribution in [0.1, 0.15) is 36.8 Å². The van der Waals surface area contributed by atoms with Crippen molar-refractivity contribution in [2.24, 2.45) is 0 Å². The van der Waals surface area contributed by atoms with Crippen LogP contribution in [-0.4, -0.2) is 27.3 Å². The third-order valence-electron chi connectivity index (χ3n) is 3.85. The van der Waals surface area contributed by atoms with Crippen LogP contribution in [0.4, 0.5) is 5.95 Å². The summed E-state index contributed by atoms with van der Waals surface area (Å²) < 4.78 is 7.00. The van der Waals surface area contributed by atoms with Crippen LogP contribution in [0.15, 0.2) is 35.5 Å². The van der Waals surface area contributed by atoms with Gasteiger partial charge in [-0.05, 0) is 33.3 Å². The van der Waals surface area contributed by atoms with Crippen molar-refractivity contribution in [3.63, 3.8) is 0 Å². The van der Waals surface area contributed by atoms with Crippen molar-refractivity contribution >= 4 is 11.9 Å². The minimum absolute atomic E-state index is 0.332. The molecule has 1 atom stereocenters. The van der Waals surface area contributed by atoms with E-state index in [0.717, 1.165) is 16.8 Å². The largest absolute Gasteiger partial charge is 0.463 e. The molecule has 0 radical (unpaired) electrons. The van der Waals surface area contributed by atoms with Crippen molar-refractivity contribution in [2.75, 3.05) is 11.9 Å². The number of nitrogens with zero attached hydrogens (tertiary/aromatic N) is 3. The smallest absolute Gasteiger partial charge is 0.338 e. The fraction of sp³-hybridized carbons (Fsp3) is 0.353. The second-order valence-electron chi connectivity index (χ2n) is 5.62. The van der Waals surface area contributed by atoms with E-state index in [4.69, 9.17) is 4.74 Å². The second-order valence-corrected chi connectivity index (χ2v) is 5.62. The Morgan fingerprint density at radius 2 is 1.96 bits per heavy atom. The summed E-state index contributed by atoms with van der Waals surface area (Å²) in [6.07, 6.45) is 0. The quantitative estimate of drug-likeness (QED) is 0.883. The maximum absolute atomic E-state index is 12.5. The number of carbonyl (C=O) groups is 1. The molecule has 2 aromatic rings. The molecule has 2 heterocycles. The molecule has 1 aliphatic heterocycles. The van der Waals surface area contributed by atoms with Gasteiger partial charge in [0.1, 0.15) is 11.9 Å². The first-order valence-corrected chi connectivity index (χ1v) is 7.66. The fourth-order valence-electron chi connectivity index (χ4n) is 2.79. The van der Waals surface area contributed by atoms with Gasteiger partial charge in [0.2, 0.25) is 5.95 Å². The molecule has 1 aliphatic rings. The predicted molar refractivity (Wildman–Crippen MR) is 87.0 cm³/mol. The van der Waals surface area contributed by atoms with Crippen LogP contribution in [0.2, 0.25) is 0 Å². The average Bonchev–Trinajstić information content (AvgIpc) is 2.86. The summed E-state index contributed by atoms with van der Waals surface area (Å²) in [4.78, 5) is 16.9. The molecule has 1 aromatic heterocycles. The Hall–Kier alpha value is -2.63. The number of anilines is 1. The Morgan fingerprint density at radius 3 is 2.61 bits per heavy atom. The van der Waals surface area contributed by atoms with Gasteiger partial charge in [0.05, 0.1) is 12.2 Å². The maximum atomic E-state index is 12.5. The highest BCUT2D eigenvalue weighted by Gasteiger charge is 2.34. The lowest BCUT2D eigenvalue weighted by atomic mass is 9.95. The zero-order valence-electron chi connectivity index (χ0n) is 13.8. The van der Waals surface area contributed by atoms with E-state index in [1.54, 1.807) is 11.6 Å². The number of aromatic nitrogens is 3. The van der Waals surface area contributed by atoms with Gasteiger partial charge in [-0.2, -0.15) is 10.1 Å². The lowest BCUT2D eigenvalue weighted by Gasteiger charge is -2.28. The summed E-state index contributed by atoms with van der Waals surface area (Å²) in [6.45, 7) is 7.86. The molecule has 6 heteroatoms. The molecule has 0 fully saturated rings. The summed E-state index contributed by atoms with van der Waals surface area (Å²) in [6, 6.07) is 7.74. The highest BCUT2D eigenvalue weighted by atomic mass is 16.5. The van der Waals surface area contributed by atoms with Crippen molar-refractivity contribution in [2.45, 2.75) is 33.7 Å². The molecular formula is C17H20N4O2. The number of esters is 1. The third-order valence-corrected chi connectivity index (χ3v) is 3.85. The van der Waals surface area contributed by atoms with Gasteiger partial charge in [-0.1, -0.05) is 29.8 Å². The number of allylic oxidation sites excluding steroid dienone is 1. The molecular weight excluding hydrogens is 292 g/mol. The van der Waals surface area contributed by atoms with Crippen molar-refractivity contribution in [1.82, 2.24) is 14.8 Å². The summed E-state index contributed by atoms with van der Waals surface area (Å²) in [5.74, 6) is 0.961. The number of aryl methyl sites for hydroxylation is 2. The lowest BCUT2D eigenvalue weighted by molar-refractivity contribution is -0.139. The van der Waals surface area contributed by atoms with E-state index < -0.39 is 0 Å². The summed E-state index contributed by atoms with van der Waals surface area (Å²) in [5.41, 5.74) is 3.45. The zero-order valence-corrected chi connectivity index (χ0v) is 13.8. The average molecular weight is 312 g/mol. The molecule has 23 heavy (non-hydrogen) atoms. The van der Waals surface area contributed by atoms with Crippen molar-refractivity contribution < 1.29 is 9.53 Å². The van der Waals surface area contributed by atoms with E-state index >= 15 is 0 Å². The first-order chi connectivity index (χ1) is 11.0. The first-order valence-electron chi connectivity index (χ1n) is 7.66. The Labute approximate surface area is 135 Å². The number of hydrogen-bond acceptors (Lipinski definition) is 5. The lowest BCUT2D eigenvalue weighted by Crippen LogP contribution is -2.29. The van der Waals surface area contributed by atoms with Gasteiger partial charge >= 0.3 is 5.97 Å². The molecule has 0 amide bonds. The minimum Gasteiger partial charge on any atom is -0.463 e. The van der Waals surface area contributed by atoms with Gasteiger partial charge in [-0.15, -0.1) is 0 Å². The topological polar surface area (TPSA) is 69.0 Å². The number of benzene rings is 1. The maximum Gasteiger partial charge on any atom is 0.338 e. The molecule has 3 rings (SSSR count). The number of hydrogen-bond donors (Lipinski definition) is 1. The van der Waals surface area contributed by atoms with Crippen LogP contribution in [-0.2, 0) is 9.53 Å². The Balaban J connectivity index is 2.15. The molecule has 120 valence electrons. The Bertz CT molecular complexity index is 774. The van der Waals surface area contributed by atoms with Crippen molar-refractivity contribution in [3.05, 3.63) is 52.5 Å². The molecule has 1 N–H and O–H groups in total. The molecule has 0 saturated heterocycles. The predicted octanol–water partition coefficient (Wildman–Crippen LogP) is 2.75. The highest BCUT2D eigenvalue weighted by Crippen LogP contribution is 2.35. The molecule has 0 aliphatic carbocycles. The number of nitrogens with one attached hydrogen (secondary N) is 1. The molecule has 0 unspecified atom stereocenters. The Kier molecular flexibility index (Phi) is 3.90. The van der Waals surface area contributed by atoms with E-state index in [2.05, 4.69) is 15.4 Å². The molecule has 0 saturated carbocycles. The molecule has 0 bridgehead atoms. The van der Waals surface area contributed by atoms with Crippen LogP contribution in [0, 0.1) is 13.8 Å². The van der Waals surface area contributed by atoms with Crippen LogP contribution < -0.4 is 5.32 Å². The summed E-state index contributed by atoms with van der Waals surface area (Å²) in [5, 5.41) is 7.61. The monoisotopic (exact) mass is 312 g/mol. The first kappa shape index (κ1) is 15.3. The number of ether oxygens (including phenoxy) is 1. The number of rotatable bonds is 3. The van der Waals surface area contributed by atoms with E-state index in [-0.39, 0.29) is 12.0 Å². The van der Waals surface area contributed by atoms with Crippen LogP contribution in [0.5, 0.6) is 0 Å². The van der Waals surface area contributed by atoms with Crippen molar-refractivity contribution in [1.29, 1.82) is 0 Å². The van der Waals surface area contributed by atoms with Gasteiger partial charge in [0, 0.05) is 5.70 Å². The summed E-state index contributed by atoms with van der Waals surface area (Å²) in [7, 11) is 0. The molecule has 6 nitrogen and oxygen atoms in total. The normalized spacial score (nSPS) is 16.8. The zero-order chi connectivity index (χ0) is 16.6. The molecule has 1 aromatic carbocycles. The SMILES string of the molecule is CCOC(=O)C1=C(C)Nc2nc(C)nn2[C@H]1c1ccc(C)cc1. The van der Waals surface area contributed by atoms with E-state index in [0.29, 0.717) is 24.0 Å². The van der Waals surface area contributed by atoms with E-state index in [1.165, 1.54) is 0 Å². The van der Waals surface area contributed by atoms with Gasteiger partial charge in [-0.3, -0.25) is 0 Å².